The molecule has 4 heteroatoms. The summed E-state index contributed by atoms with van der Waals surface area (Å²) in [7, 11) is -2.33. The summed E-state index contributed by atoms with van der Waals surface area (Å²) in [6, 6.07) is 37.7. The minimum Gasteiger partial charge on any atom is -0.289 e. The van der Waals surface area contributed by atoms with Crippen molar-refractivity contribution in [2.75, 3.05) is 6.16 Å². The lowest BCUT2D eigenvalue weighted by atomic mass is 10.1. The van der Waals surface area contributed by atoms with E-state index in [1.54, 1.807) is 12.1 Å². The Morgan fingerprint density at radius 1 is 0.625 bits per heavy atom. The van der Waals surface area contributed by atoms with Gasteiger partial charge in [-0.05, 0) is 55.5 Å². The van der Waals surface area contributed by atoms with Crippen LogP contribution in [0, 0.1) is 6.92 Å². The van der Waals surface area contributed by atoms with Crippen LogP contribution in [0.15, 0.2) is 115 Å². The molecule has 0 saturated carbocycles. The molecule has 0 saturated heterocycles. The van der Waals surface area contributed by atoms with Gasteiger partial charge in [-0.15, -0.1) is 0 Å². The van der Waals surface area contributed by atoms with Crippen molar-refractivity contribution in [3.63, 3.8) is 0 Å². The van der Waals surface area contributed by atoms with Gasteiger partial charge >= 0.3 is 0 Å². The van der Waals surface area contributed by atoms with Crippen LogP contribution in [0.4, 0.5) is 0 Å². The number of aryl methyl sites for hydroxylation is 1. The molecule has 0 heterocycles. The number of rotatable bonds is 6. The molecule has 4 aromatic rings. The summed E-state index contributed by atoms with van der Waals surface area (Å²) in [5, 5.41) is 5.95. The number of hydrogen-bond acceptors (Lipinski definition) is 2. The number of carbonyl (C=O) groups is 2. The molecule has 0 radical (unpaired) electrons. The number of carbonyl (C=O) groups excluding carboxylic acids is 2. The lowest BCUT2D eigenvalue weighted by Crippen LogP contribution is -2.41. The Balaban J connectivity index is 1.76. The van der Waals surface area contributed by atoms with E-state index in [0.29, 0.717) is 5.56 Å². The number of hydrogen-bond donors (Lipinski definition) is 1. The van der Waals surface area contributed by atoms with Crippen LogP contribution in [-0.2, 0) is 4.79 Å². The zero-order valence-electron chi connectivity index (χ0n) is 17.9. The summed E-state index contributed by atoms with van der Waals surface area (Å²) in [5.74, 6) is -0.650. The maximum absolute atomic E-state index is 13.3. The number of imide groups is 1. The van der Waals surface area contributed by atoms with E-state index < -0.39 is 7.26 Å². The van der Waals surface area contributed by atoms with Gasteiger partial charge < -0.3 is 0 Å². The van der Waals surface area contributed by atoms with Crippen molar-refractivity contribution in [3.8, 4) is 0 Å². The quantitative estimate of drug-likeness (QED) is 0.458. The van der Waals surface area contributed by atoms with Crippen molar-refractivity contribution >= 4 is 35.0 Å². The minimum atomic E-state index is -2.33. The third kappa shape index (κ3) is 4.54. The van der Waals surface area contributed by atoms with Crippen LogP contribution >= 0.6 is 7.26 Å². The molecule has 158 valence electrons. The first-order chi connectivity index (χ1) is 15.6. The molecule has 0 atom stereocenters. The van der Waals surface area contributed by atoms with Crippen LogP contribution in [0.1, 0.15) is 15.9 Å². The summed E-state index contributed by atoms with van der Waals surface area (Å²) in [6.07, 6.45) is 0.211. The first-order valence-electron chi connectivity index (χ1n) is 10.6. The Bertz CT molecular complexity index is 1090. The monoisotopic (exact) mass is 438 g/mol. The van der Waals surface area contributed by atoms with Crippen molar-refractivity contribution in [1.82, 2.24) is 5.32 Å². The highest BCUT2D eigenvalue weighted by Crippen LogP contribution is 2.54. The average molecular weight is 438 g/mol. The first kappa shape index (κ1) is 21.7. The molecule has 32 heavy (non-hydrogen) atoms. The van der Waals surface area contributed by atoms with Crippen LogP contribution in [0.25, 0.3) is 0 Å². The molecule has 0 aromatic heterocycles. The highest BCUT2D eigenvalue weighted by molar-refractivity contribution is 7.96. The number of benzene rings is 4. The minimum absolute atomic E-state index is 0.211. The van der Waals surface area contributed by atoms with E-state index in [-0.39, 0.29) is 18.0 Å². The SMILES string of the molecule is Cc1ccc(C(=O)NC(=O)C[P+](c2ccccc2)(c2ccccc2)c2ccccc2)cc1. The van der Waals surface area contributed by atoms with Gasteiger partial charge in [0.05, 0.1) is 0 Å². The van der Waals surface area contributed by atoms with E-state index in [9.17, 15) is 9.59 Å². The van der Waals surface area contributed by atoms with Crippen molar-refractivity contribution in [1.29, 1.82) is 0 Å². The average Bonchev–Trinajstić information content (AvgIpc) is 2.84. The molecule has 1 N–H and O–H groups in total. The van der Waals surface area contributed by atoms with Gasteiger partial charge in [0.1, 0.15) is 23.2 Å². The summed E-state index contributed by atoms with van der Waals surface area (Å²) < 4.78 is 0. The molecular weight excluding hydrogens is 413 g/mol. The van der Waals surface area contributed by atoms with Gasteiger partial charge in [-0.2, -0.15) is 0 Å². The summed E-state index contributed by atoms with van der Waals surface area (Å²) in [5.41, 5.74) is 1.54. The van der Waals surface area contributed by atoms with E-state index >= 15 is 0 Å². The standard InChI is InChI=1S/C28H24NO2P/c1-22-17-19-23(20-18-22)28(31)29-27(30)21-32(24-11-5-2-6-12-24,25-13-7-3-8-14-25)26-15-9-4-10-16-26/h2-20H,21H2,1H3/p+1. The summed E-state index contributed by atoms with van der Waals surface area (Å²) in [4.78, 5) is 26.1. The zero-order valence-corrected chi connectivity index (χ0v) is 18.8. The molecular formula is C28H25NO2P+. The van der Waals surface area contributed by atoms with Gasteiger partial charge in [0.2, 0.25) is 0 Å². The second kappa shape index (κ2) is 9.72. The Morgan fingerprint density at radius 2 is 1.03 bits per heavy atom. The Hall–Kier alpha value is -3.55. The van der Waals surface area contributed by atoms with Crippen LogP contribution < -0.4 is 21.2 Å². The van der Waals surface area contributed by atoms with E-state index in [4.69, 9.17) is 0 Å². The molecule has 3 nitrogen and oxygen atoms in total. The van der Waals surface area contributed by atoms with Crippen molar-refractivity contribution in [2.24, 2.45) is 0 Å². The Labute approximate surface area is 189 Å². The molecule has 2 amide bonds. The molecule has 0 aliphatic heterocycles. The fourth-order valence-electron chi connectivity index (χ4n) is 3.93. The fraction of sp³-hybridized carbons (Fsp3) is 0.0714. The molecule has 4 rings (SSSR count). The lowest BCUT2D eigenvalue weighted by Gasteiger charge is -2.27. The third-order valence-corrected chi connectivity index (χ3v) is 9.84. The normalized spacial score (nSPS) is 11.0. The first-order valence-corrected chi connectivity index (χ1v) is 12.5. The fourth-order valence-corrected chi connectivity index (χ4v) is 7.92. The van der Waals surface area contributed by atoms with E-state index in [1.165, 1.54) is 0 Å². The molecule has 4 aromatic carbocycles. The maximum atomic E-state index is 13.3. The van der Waals surface area contributed by atoms with Crippen LogP contribution in [0.2, 0.25) is 0 Å². The van der Waals surface area contributed by atoms with Gasteiger partial charge in [0, 0.05) is 5.56 Å². The molecule has 0 fully saturated rings. The predicted molar refractivity (Wildman–Crippen MR) is 134 cm³/mol. The van der Waals surface area contributed by atoms with Gasteiger partial charge in [-0.3, -0.25) is 14.9 Å². The summed E-state index contributed by atoms with van der Waals surface area (Å²) in [6.45, 7) is 1.96. The molecule has 0 aliphatic carbocycles. The molecule has 0 unspecified atom stereocenters. The van der Waals surface area contributed by atoms with Crippen LogP contribution in [-0.4, -0.2) is 18.0 Å². The van der Waals surface area contributed by atoms with E-state index in [2.05, 4.69) is 41.7 Å². The van der Waals surface area contributed by atoms with E-state index in [1.807, 2.05) is 73.7 Å². The van der Waals surface area contributed by atoms with Crippen molar-refractivity contribution < 1.29 is 9.59 Å². The Morgan fingerprint density at radius 3 is 1.44 bits per heavy atom. The number of nitrogens with one attached hydrogen (secondary N) is 1. The third-order valence-electron chi connectivity index (χ3n) is 5.54. The predicted octanol–water partition coefficient (Wildman–Crippen LogP) is 4.25. The second-order valence-electron chi connectivity index (χ2n) is 7.72. The smallest absolute Gasteiger partial charge is 0.265 e. The van der Waals surface area contributed by atoms with Gasteiger partial charge in [-0.25, -0.2) is 0 Å². The van der Waals surface area contributed by atoms with E-state index in [0.717, 1.165) is 21.5 Å². The summed E-state index contributed by atoms with van der Waals surface area (Å²) >= 11 is 0. The van der Waals surface area contributed by atoms with Gasteiger partial charge in [0.25, 0.3) is 11.8 Å². The molecule has 0 bridgehead atoms. The highest BCUT2D eigenvalue weighted by atomic mass is 31.2. The second-order valence-corrected chi connectivity index (χ2v) is 11.2. The molecule has 0 aliphatic rings. The largest absolute Gasteiger partial charge is 0.289 e. The van der Waals surface area contributed by atoms with Crippen molar-refractivity contribution in [3.05, 3.63) is 126 Å². The molecule has 0 spiro atoms. The van der Waals surface area contributed by atoms with Crippen LogP contribution in [0.5, 0.6) is 0 Å². The van der Waals surface area contributed by atoms with Crippen LogP contribution in [0.3, 0.4) is 0 Å². The van der Waals surface area contributed by atoms with Gasteiger partial charge in [0.15, 0.2) is 6.16 Å². The maximum Gasteiger partial charge on any atom is 0.265 e. The lowest BCUT2D eigenvalue weighted by molar-refractivity contribution is -0.117. The Kier molecular flexibility index (Phi) is 6.58. The van der Waals surface area contributed by atoms with Gasteiger partial charge in [-0.1, -0.05) is 72.3 Å². The number of amides is 2. The van der Waals surface area contributed by atoms with Crippen molar-refractivity contribution in [2.45, 2.75) is 6.92 Å². The zero-order chi connectivity index (χ0) is 22.4. The highest BCUT2D eigenvalue weighted by Gasteiger charge is 2.47. The topological polar surface area (TPSA) is 46.2 Å².